The predicted octanol–water partition coefficient (Wildman–Crippen LogP) is 2.96. The van der Waals surface area contributed by atoms with Gasteiger partial charge in [-0.25, -0.2) is 0 Å². The Kier molecular flexibility index (Phi) is 3.23. The van der Waals surface area contributed by atoms with Gasteiger partial charge in [-0.1, -0.05) is 30.3 Å². The van der Waals surface area contributed by atoms with Crippen molar-refractivity contribution in [3.8, 4) is 0 Å². The molecule has 0 saturated heterocycles. The number of pyridine rings is 1. The first kappa shape index (κ1) is 13.1. The summed E-state index contributed by atoms with van der Waals surface area (Å²) in [5.41, 5.74) is 0.870. The van der Waals surface area contributed by atoms with E-state index < -0.39 is 4.92 Å². The molecule has 5 heteroatoms. The van der Waals surface area contributed by atoms with Crippen molar-refractivity contribution < 1.29 is 4.92 Å². The Balaban J connectivity index is 2.06. The van der Waals surface area contributed by atoms with Gasteiger partial charge in [-0.2, -0.15) is 0 Å². The van der Waals surface area contributed by atoms with Crippen molar-refractivity contribution in [2.24, 2.45) is 0 Å². The molecule has 0 fully saturated rings. The largest absolute Gasteiger partial charge is 0.311 e. The molecule has 104 valence electrons. The minimum Gasteiger partial charge on any atom is -0.311 e. The zero-order chi connectivity index (χ0) is 14.8. The summed E-state index contributed by atoms with van der Waals surface area (Å²) in [6.45, 7) is 0.479. The molecule has 0 spiro atoms. The summed E-state index contributed by atoms with van der Waals surface area (Å²) in [7, 11) is 0. The average molecular weight is 280 g/mol. The van der Waals surface area contributed by atoms with Gasteiger partial charge in [0.05, 0.1) is 11.5 Å². The monoisotopic (exact) mass is 280 g/mol. The molecule has 1 aromatic heterocycles. The molecular weight excluding hydrogens is 268 g/mol. The number of benzene rings is 2. The van der Waals surface area contributed by atoms with Gasteiger partial charge in [-0.3, -0.25) is 14.9 Å². The first-order valence-corrected chi connectivity index (χ1v) is 6.47. The third-order valence-electron chi connectivity index (χ3n) is 3.37. The number of fused-ring (bicyclic) bond motifs is 1. The van der Waals surface area contributed by atoms with Crippen LogP contribution in [0.15, 0.2) is 65.6 Å². The molecule has 0 bridgehead atoms. The minimum atomic E-state index is -0.463. The normalized spacial score (nSPS) is 10.7. The first-order chi connectivity index (χ1) is 10.1. The van der Waals surface area contributed by atoms with Gasteiger partial charge in [-0.05, 0) is 23.1 Å². The van der Waals surface area contributed by atoms with E-state index >= 15 is 0 Å². The number of nitrogens with zero attached hydrogens (tertiary/aromatic N) is 2. The van der Waals surface area contributed by atoms with Gasteiger partial charge >= 0.3 is 0 Å². The number of rotatable bonds is 3. The topological polar surface area (TPSA) is 65.1 Å². The summed E-state index contributed by atoms with van der Waals surface area (Å²) in [5, 5.41) is 11.8. The van der Waals surface area contributed by atoms with Crippen molar-refractivity contribution in [3.05, 3.63) is 86.8 Å². The van der Waals surface area contributed by atoms with Crippen molar-refractivity contribution >= 4 is 16.5 Å². The molecule has 0 unspecified atom stereocenters. The lowest BCUT2D eigenvalue weighted by atomic mass is 10.1. The van der Waals surface area contributed by atoms with Gasteiger partial charge in [0.2, 0.25) is 0 Å². The van der Waals surface area contributed by atoms with Gasteiger partial charge < -0.3 is 4.57 Å². The molecule has 0 aliphatic heterocycles. The Bertz CT molecular complexity index is 870. The quantitative estimate of drug-likeness (QED) is 0.547. The molecular formula is C16H12N2O3. The van der Waals surface area contributed by atoms with Gasteiger partial charge in [0, 0.05) is 23.7 Å². The summed E-state index contributed by atoms with van der Waals surface area (Å²) in [6, 6.07) is 15.7. The van der Waals surface area contributed by atoms with Crippen LogP contribution in [0, 0.1) is 10.1 Å². The zero-order valence-corrected chi connectivity index (χ0v) is 11.1. The molecule has 2 aromatic carbocycles. The summed E-state index contributed by atoms with van der Waals surface area (Å²) in [4.78, 5) is 22.7. The van der Waals surface area contributed by atoms with E-state index in [0.717, 1.165) is 5.56 Å². The second kappa shape index (κ2) is 5.20. The van der Waals surface area contributed by atoms with Crippen LogP contribution in [0.1, 0.15) is 5.56 Å². The molecule has 3 rings (SSSR count). The first-order valence-electron chi connectivity index (χ1n) is 6.47. The van der Waals surface area contributed by atoms with E-state index in [4.69, 9.17) is 0 Å². The van der Waals surface area contributed by atoms with E-state index in [2.05, 4.69) is 0 Å². The highest BCUT2D eigenvalue weighted by molar-refractivity contribution is 5.83. The van der Waals surface area contributed by atoms with Crippen molar-refractivity contribution in [2.45, 2.75) is 6.54 Å². The number of hydrogen-bond donors (Lipinski definition) is 0. The van der Waals surface area contributed by atoms with E-state index in [0.29, 0.717) is 17.3 Å². The fraction of sp³-hybridized carbons (Fsp3) is 0.0625. The number of hydrogen-bond acceptors (Lipinski definition) is 3. The molecule has 0 atom stereocenters. The average Bonchev–Trinajstić information content (AvgIpc) is 2.51. The van der Waals surface area contributed by atoms with Gasteiger partial charge in [0.15, 0.2) is 0 Å². The van der Waals surface area contributed by atoms with Crippen LogP contribution < -0.4 is 5.56 Å². The van der Waals surface area contributed by atoms with Crippen LogP contribution in [0.5, 0.6) is 0 Å². The Morgan fingerprint density at radius 1 is 1.05 bits per heavy atom. The van der Waals surface area contributed by atoms with Crippen LogP contribution in [0.4, 0.5) is 5.69 Å². The lowest BCUT2D eigenvalue weighted by Crippen LogP contribution is -2.19. The fourth-order valence-corrected chi connectivity index (χ4v) is 2.29. The SMILES string of the molecule is O=c1c2ccc([N+](=O)[O-])cc2ccn1Cc1ccccc1. The highest BCUT2D eigenvalue weighted by Crippen LogP contribution is 2.18. The fourth-order valence-electron chi connectivity index (χ4n) is 2.29. The van der Waals surface area contributed by atoms with Crippen molar-refractivity contribution in [2.75, 3.05) is 0 Å². The molecule has 21 heavy (non-hydrogen) atoms. The third-order valence-corrected chi connectivity index (χ3v) is 3.37. The van der Waals surface area contributed by atoms with Crippen LogP contribution in [-0.2, 0) is 6.54 Å². The summed E-state index contributed by atoms with van der Waals surface area (Å²) in [5.74, 6) is 0. The number of nitro groups is 1. The lowest BCUT2D eigenvalue weighted by Gasteiger charge is -2.07. The van der Waals surface area contributed by atoms with Crippen molar-refractivity contribution in [1.82, 2.24) is 4.57 Å². The zero-order valence-electron chi connectivity index (χ0n) is 11.1. The second-order valence-corrected chi connectivity index (χ2v) is 4.76. The Labute approximate surface area is 120 Å². The van der Waals surface area contributed by atoms with E-state index in [1.54, 1.807) is 16.8 Å². The molecule has 0 N–H and O–H groups in total. The maximum absolute atomic E-state index is 12.4. The Hall–Kier alpha value is -2.95. The highest BCUT2D eigenvalue weighted by atomic mass is 16.6. The standard InChI is InChI=1S/C16H12N2O3/c19-16-15-7-6-14(18(20)21)10-13(15)8-9-17(16)11-12-4-2-1-3-5-12/h1-10H,11H2. The minimum absolute atomic E-state index is 0.0114. The molecule has 1 heterocycles. The van der Waals surface area contributed by atoms with Crippen LogP contribution >= 0.6 is 0 Å². The maximum Gasteiger partial charge on any atom is 0.270 e. The van der Waals surface area contributed by atoms with E-state index in [1.807, 2.05) is 30.3 Å². The molecule has 0 saturated carbocycles. The molecule has 5 nitrogen and oxygen atoms in total. The van der Waals surface area contributed by atoms with Crippen LogP contribution in [-0.4, -0.2) is 9.49 Å². The number of nitro benzene ring substituents is 1. The van der Waals surface area contributed by atoms with Gasteiger partial charge in [0.25, 0.3) is 11.2 Å². The highest BCUT2D eigenvalue weighted by Gasteiger charge is 2.09. The van der Waals surface area contributed by atoms with Crippen LogP contribution in [0.25, 0.3) is 10.8 Å². The van der Waals surface area contributed by atoms with E-state index in [1.165, 1.54) is 18.2 Å². The smallest absolute Gasteiger partial charge is 0.270 e. The summed E-state index contributed by atoms with van der Waals surface area (Å²) >= 11 is 0. The van der Waals surface area contributed by atoms with E-state index in [9.17, 15) is 14.9 Å². The molecule has 0 aliphatic rings. The van der Waals surface area contributed by atoms with Crippen LogP contribution in [0.2, 0.25) is 0 Å². The predicted molar refractivity (Wildman–Crippen MR) is 80.4 cm³/mol. The molecule has 0 amide bonds. The molecule has 0 radical (unpaired) electrons. The van der Waals surface area contributed by atoms with Crippen molar-refractivity contribution in [1.29, 1.82) is 0 Å². The maximum atomic E-state index is 12.4. The summed E-state index contributed by atoms with van der Waals surface area (Å²) < 4.78 is 1.60. The van der Waals surface area contributed by atoms with Crippen molar-refractivity contribution in [3.63, 3.8) is 0 Å². The molecule has 0 aliphatic carbocycles. The summed E-state index contributed by atoms with van der Waals surface area (Å²) in [6.07, 6.45) is 1.67. The Morgan fingerprint density at radius 2 is 1.81 bits per heavy atom. The Morgan fingerprint density at radius 3 is 2.52 bits per heavy atom. The van der Waals surface area contributed by atoms with Gasteiger partial charge in [-0.15, -0.1) is 0 Å². The number of aromatic nitrogens is 1. The van der Waals surface area contributed by atoms with Gasteiger partial charge in [0.1, 0.15) is 0 Å². The number of non-ortho nitro benzene ring substituents is 1. The molecule has 3 aromatic rings. The third kappa shape index (κ3) is 2.53. The van der Waals surface area contributed by atoms with Crippen LogP contribution in [0.3, 0.4) is 0 Å². The second-order valence-electron chi connectivity index (χ2n) is 4.76. The lowest BCUT2D eigenvalue weighted by molar-refractivity contribution is -0.384. The van der Waals surface area contributed by atoms with E-state index in [-0.39, 0.29) is 11.2 Å².